The number of carbonyl (C=O) groups excluding carboxylic acids is 1. The summed E-state index contributed by atoms with van der Waals surface area (Å²) in [6.45, 7) is 2.97. The number of ether oxygens (including phenoxy) is 1. The SMILES string of the molecule is COCCCNC(=O)C(C)Sc1nnc(-c2ccccc2F)n1C. The smallest absolute Gasteiger partial charge is 0.233 e. The molecule has 1 aromatic heterocycles. The van der Waals surface area contributed by atoms with Crippen LogP contribution in [-0.4, -0.2) is 46.2 Å². The van der Waals surface area contributed by atoms with Crippen molar-refractivity contribution in [3.05, 3.63) is 30.1 Å². The number of nitrogens with one attached hydrogen (secondary N) is 1. The molecule has 1 aromatic carbocycles. The van der Waals surface area contributed by atoms with Gasteiger partial charge in [-0.05, 0) is 25.5 Å². The summed E-state index contributed by atoms with van der Waals surface area (Å²) >= 11 is 1.29. The highest BCUT2D eigenvalue weighted by Crippen LogP contribution is 2.26. The number of rotatable bonds is 8. The van der Waals surface area contributed by atoms with Crippen LogP contribution in [0.5, 0.6) is 0 Å². The number of methoxy groups -OCH3 is 1. The van der Waals surface area contributed by atoms with E-state index in [2.05, 4.69) is 15.5 Å². The Morgan fingerprint density at radius 1 is 1.42 bits per heavy atom. The van der Waals surface area contributed by atoms with Gasteiger partial charge < -0.3 is 14.6 Å². The van der Waals surface area contributed by atoms with Crippen LogP contribution in [0.15, 0.2) is 29.4 Å². The standard InChI is InChI=1S/C16H21FN4O2S/c1-11(15(22)18-9-6-10-23-3)24-16-20-19-14(21(16)2)12-7-4-5-8-13(12)17/h4-5,7-8,11H,6,9-10H2,1-3H3,(H,18,22). The minimum Gasteiger partial charge on any atom is -0.385 e. The third-order valence-electron chi connectivity index (χ3n) is 3.43. The van der Waals surface area contributed by atoms with Gasteiger partial charge in [0.2, 0.25) is 5.91 Å². The second kappa shape index (κ2) is 8.79. The van der Waals surface area contributed by atoms with Crippen molar-refractivity contribution in [3.63, 3.8) is 0 Å². The van der Waals surface area contributed by atoms with Gasteiger partial charge in [-0.1, -0.05) is 23.9 Å². The Balaban J connectivity index is 2.01. The number of hydrogen-bond donors (Lipinski definition) is 1. The summed E-state index contributed by atoms with van der Waals surface area (Å²) in [4.78, 5) is 12.1. The molecule has 2 aromatic rings. The molecule has 0 spiro atoms. The average Bonchev–Trinajstić information content (AvgIpc) is 2.92. The molecule has 1 atom stereocenters. The Kier molecular flexibility index (Phi) is 6.74. The molecule has 0 saturated carbocycles. The summed E-state index contributed by atoms with van der Waals surface area (Å²) in [6.07, 6.45) is 0.765. The molecule has 0 bridgehead atoms. The molecule has 0 radical (unpaired) electrons. The van der Waals surface area contributed by atoms with Crippen molar-refractivity contribution in [3.8, 4) is 11.4 Å². The van der Waals surface area contributed by atoms with Gasteiger partial charge in [0.15, 0.2) is 11.0 Å². The molecule has 2 rings (SSSR count). The molecule has 0 aliphatic rings. The van der Waals surface area contributed by atoms with E-state index < -0.39 is 0 Å². The van der Waals surface area contributed by atoms with Gasteiger partial charge in [0, 0.05) is 27.3 Å². The highest BCUT2D eigenvalue weighted by atomic mass is 32.2. The quantitative estimate of drug-likeness (QED) is 0.583. The second-order valence-electron chi connectivity index (χ2n) is 5.24. The highest BCUT2D eigenvalue weighted by Gasteiger charge is 2.20. The lowest BCUT2D eigenvalue weighted by Gasteiger charge is -2.11. The van der Waals surface area contributed by atoms with Crippen LogP contribution in [-0.2, 0) is 16.6 Å². The third kappa shape index (κ3) is 4.55. The molecule has 8 heteroatoms. The summed E-state index contributed by atoms with van der Waals surface area (Å²) in [5.41, 5.74) is 0.385. The van der Waals surface area contributed by atoms with Crippen molar-refractivity contribution >= 4 is 17.7 Å². The maximum Gasteiger partial charge on any atom is 0.233 e. The van der Waals surface area contributed by atoms with Crippen LogP contribution in [0, 0.1) is 5.82 Å². The first-order valence-corrected chi connectivity index (χ1v) is 8.50. The minimum absolute atomic E-state index is 0.0773. The van der Waals surface area contributed by atoms with Crippen molar-refractivity contribution in [2.24, 2.45) is 7.05 Å². The molecule has 1 unspecified atom stereocenters. The second-order valence-corrected chi connectivity index (χ2v) is 6.55. The lowest BCUT2D eigenvalue weighted by molar-refractivity contribution is -0.120. The average molecular weight is 352 g/mol. The van der Waals surface area contributed by atoms with E-state index >= 15 is 0 Å². The molecular formula is C16H21FN4O2S. The molecule has 130 valence electrons. The van der Waals surface area contributed by atoms with Crippen LogP contribution in [0.25, 0.3) is 11.4 Å². The Morgan fingerprint density at radius 2 is 2.17 bits per heavy atom. The first kappa shape index (κ1) is 18.4. The fraction of sp³-hybridized carbons (Fsp3) is 0.438. The molecular weight excluding hydrogens is 331 g/mol. The van der Waals surface area contributed by atoms with E-state index in [1.807, 2.05) is 0 Å². The monoisotopic (exact) mass is 352 g/mol. The zero-order valence-electron chi connectivity index (χ0n) is 14.0. The van der Waals surface area contributed by atoms with Gasteiger partial charge in [-0.3, -0.25) is 4.79 Å². The number of benzene rings is 1. The number of thioether (sulfide) groups is 1. The van der Waals surface area contributed by atoms with Gasteiger partial charge in [-0.2, -0.15) is 0 Å². The molecule has 24 heavy (non-hydrogen) atoms. The zero-order chi connectivity index (χ0) is 17.5. The number of amides is 1. The Hall–Kier alpha value is -1.93. The van der Waals surface area contributed by atoms with Crippen LogP contribution in [0.4, 0.5) is 4.39 Å². The van der Waals surface area contributed by atoms with Gasteiger partial charge in [0.05, 0.1) is 10.8 Å². The van der Waals surface area contributed by atoms with Gasteiger partial charge in [0.1, 0.15) is 5.82 Å². The van der Waals surface area contributed by atoms with E-state index in [1.165, 1.54) is 17.8 Å². The molecule has 0 saturated heterocycles. The third-order valence-corrected chi connectivity index (χ3v) is 4.56. The fourth-order valence-electron chi connectivity index (χ4n) is 2.08. The van der Waals surface area contributed by atoms with Gasteiger partial charge in [0.25, 0.3) is 0 Å². The molecule has 1 N–H and O–H groups in total. The first-order valence-electron chi connectivity index (χ1n) is 7.62. The van der Waals surface area contributed by atoms with Gasteiger partial charge in [-0.15, -0.1) is 10.2 Å². The van der Waals surface area contributed by atoms with Crippen LogP contribution in [0.1, 0.15) is 13.3 Å². The molecule has 1 heterocycles. The summed E-state index contributed by atoms with van der Waals surface area (Å²) < 4.78 is 20.5. The summed E-state index contributed by atoms with van der Waals surface area (Å²) in [5, 5.41) is 11.2. The first-order chi connectivity index (χ1) is 11.5. The lowest BCUT2D eigenvalue weighted by Crippen LogP contribution is -2.32. The predicted octanol–water partition coefficient (Wildman–Crippen LogP) is 2.25. The van der Waals surface area contributed by atoms with Crippen LogP contribution in [0.3, 0.4) is 0 Å². The molecule has 0 aliphatic carbocycles. The van der Waals surface area contributed by atoms with Crippen LogP contribution < -0.4 is 5.32 Å². The van der Waals surface area contributed by atoms with Crippen molar-refractivity contribution < 1.29 is 13.9 Å². The van der Waals surface area contributed by atoms with E-state index in [-0.39, 0.29) is 17.0 Å². The number of aromatic nitrogens is 3. The topological polar surface area (TPSA) is 69.0 Å². The van der Waals surface area contributed by atoms with Crippen molar-refractivity contribution in [2.75, 3.05) is 20.3 Å². The van der Waals surface area contributed by atoms with Crippen LogP contribution in [0.2, 0.25) is 0 Å². The fourth-order valence-corrected chi connectivity index (χ4v) is 2.92. The highest BCUT2D eigenvalue weighted by molar-refractivity contribution is 8.00. The Bertz CT molecular complexity index is 692. The van der Waals surface area contributed by atoms with Gasteiger partial charge >= 0.3 is 0 Å². The predicted molar refractivity (Wildman–Crippen MR) is 91.2 cm³/mol. The zero-order valence-corrected chi connectivity index (χ0v) is 14.8. The summed E-state index contributed by atoms with van der Waals surface area (Å²) in [6, 6.07) is 6.41. The summed E-state index contributed by atoms with van der Waals surface area (Å²) in [5.74, 6) is 0.00309. The molecule has 1 amide bonds. The number of nitrogens with zero attached hydrogens (tertiary/aromatic N) is 3. The number of hydrogen-bond acceptors (Lipinski definition) is 5. The normalized spacial score (nSPS) is 12.2. The number of halogens is 1. The van der Waals surface area contributed by atoms with E-state index in [9.17, 15) is 9.18 Å². The van der Waals surface area contributed by atoms with E-state index in [1.54, 1.807) is 43.8 Å². The van der Waals surface area contributed by atoms with Crippen molar-refractivity contribution in [2.45, 2.75) is 23.8 Å². The Labute approximate surface area is 144 Å². The van der Waals surface area contributed by atoms with Crippen LogP contribution >= 0.6 is 11.8 Å². The maximum atomic E-state index is 13.9. The molecule has 0 fully saturated rings. The lowest BCUT2D eigenvalue weighted by atomic mass is 10.2. The van der Waals surface area contributed by atoms with Gasteiger partial charge in [-0.25, -0.2) is 4.39 Å². The van der Waals surface area contributed by atoms with E-state index in [0.717, 1.165) is 6.42 Å². The van der Waals surface area contributed by atoms with Crippen molar-refractivity contribution in [1.29, 1.82) is 0 Å². The largest absolute Gasteiger partial charge is 0.385 e. The van der Waals surface area contributed by atoms with E-state index in [4.69, 9.17) is 4.74 Å². The molecule has 6 nitrogen and oxygen atoms in total. The molecule has 0 aliphatic heterocycles. The number of carbonyl (C=O) groups is 1. The Morgan fingerprint density at radius 3 is 2.88 bits per heavy atom. The van der Waals surface area contributed by atoms with Crippen molar-refractivity contribution in [1.82, 2.24) is 20.1 Å². The minimum atomic E-state index is -0.353. The van der Waals surface area contributed by atoms with E-state index in [0.29, 0.717) is 29.7 Å². The summed E-state index contributed by atoms with van der Waals surface area (Å²) in [7, 11) is 3.38. The maximum absolute atomic E-state index is 13.9.